The van der Waals surface area contributed by atoms with Crippen molar-refractivity contribution in [2.45, 2.75) is 26.4 Å². The van der Waals surface area contributed by atoms with Crippen LogP contribution in [0.1, 0.15) is 17.5 Å². The van der Waals surface area contributed by atoms with Crippen LogP contribution in [0.15, 0.2) is 67.3 Å². The number of nitrogens with zero attached hydrogens (tertiary/aromatic N) is 3. The molecule has 3 aromatic rings. The highest BCUT2D eigenvalue weighted by Gasteiger charge is 2.18. The van der Waals surface area contributed by atoms with Crippen molar-refractivity contribution in [1.29, 1.82) is 0 Å². The fourth-order valence-corrected chi connectivity index (χ4v) is 3.96. The lowest BCUT2D eigenvalue weighted by Gasteiger charge is -2.23. The Bertz CT molecular complexity index is 1100. The van der Waals surface area contributed by atoms with Gasteiger partial charge in [-0.1, -0.05) is 29.8 Å². The number of ether oxygens (including phenoxy) is 1. The van der Waals surface area contributed by atoms with E-state index in [1.165, 1.54) is 10.6 Å². The van der Waals surface area contributed by atoms with E-state index in [0.717, 1.165) is 24.1 Å². The lowest BCUT2D eigenvalue weighted by atomic mass is 10.1. The first-order valence-corrected chi connectivity index (χ1v) is 12.1. The third kappa shape index (κ3) is 7.12. The first kappa shape index (κ1) is 23.3. The first-order valence-electron chi connectivity index (χ1n) is 10.3. The molecule has 32 heavy (non-hydrogen) atoms. The van der Waals surface area contributed by atoms with Gasteiger partial charge in [0.15, 0.2) is 6.61 Å². The molecular formula is C23H28N4O4S. The predicted molar refractivity (Wildman–Crippen MR) is 124 cm³/mol. The quantitative estimate of drug-likeness (QED) is 0.448. The highest BCUT2D eigenvalue weighted by molar-refractivity contribution is 7.92. The minimum absolute atomic E-state index is 0.108. The Morgan fingerprint density at radius 3 is 2.47 bits per heavy atom. The molecule has 1 N–H and O–H groups in total. The van der Waals surface area contributed by atoms with Crippen LogP contribution in [0.3, 0.4) is 0 Å². The first-order chi connectivity index (χ1) is 15.3. The third-order valence-corrected chi connectivity index (χ3v) is 5.96. The van der Waals surface area contributed by atoms with Gasteiger partial charge in [0.2, 0.25) is 10.0 Å². The maximum absolute atomic E-state index is 12.3. The number of hydrogen-bond acceptors (Lipinski definition) is 5. The number of amides is 1. The fraction of sp³-hybridized carbons (Fsp3) is 0.304. The van der Waals surface area contributed by atoms with Gasteiger partial charge in [-0.15, -0.1) is 0 Å². The molecule has 0 aliphatic heterocycles. The number of anilines is 1. The number of hydrogen-bond donors (Lipinski definition) is 1. The van der Waals surface area contributed by atoms with E-state index in [9.17, 15) is 13.2 Å². The average molecular weight is 457 g/mol. The van der Waals surface area contributed by atoms with Crippen molar-refractivity contribution >= 4 is 21.6 Å². The van der Waals surface area contributed by atoms with Crippen LogP contribution in [-0.2, 0) is 27.9 Å². The number of aryl methyl sites for hydroxylation is 2. The molecule has 1 amide bonds. The largest absolute Gasteiger partial charge is 0.484 e. The molecule has 0 atom stereocenters. The lowest BCUT2D eigenvalue weighted by molar-refractivity contribution is -0.123. The number of rotatable bonds is 11. The van der Waals surface area contributed by atoms with Crippen LogP contribution in [0.2, 0.25) is 0 Å². The topological polar surface area (TPSA) is 93.5 Å². The summed E-state index contributed by atoms with van der Waals surface area (Å²) >= 11 is 0. The van der Waals surface area contributed by atoms with Crippen LogP contribution in [0.5, 0.6) is 5.75 Å². The Morgan fingerprint density at radius 2 is 1.84 bits per heavy atom. The summed E-state index contributed by atoms with van der Waals surface area (Å²) in [7, 11) is -3.47. The Morgan fingerprint density at radius 1 is 1.12 bits per heavy atom. The van der Waals surface area contributed by atoms with Crippen LogP contribution in [0.25, 0.3) is 0 Å². The molecule has 0 spiro atoms. The maximum atomic E-state index is 12.3. The van der Waals surface area contributed by atoms with Gasteiger partial charge in [-0.2, -0.15) is 0 Å². The zero-order valence-corrected chi connectivity index (χ0v) is 19.1. The summed E-state index contributed by atoms with van der Waals surface area (Å²) in [5.74, 6) is 0.281. The van der Waals surface area contributed by atoms with Crippen molar-refractivity contribution in [1.82, 2.24) is 14.9 Å². The van der Waals surface area contributed by atoms with E-state index in [0.29, 0.717) is 18.0 Å². The number of aromatic nitrogens is 2. The molecule has 1 heterocycles. The number of carbonyl (C=O) groups is 1. The van der Waals surface area contributed by atoms with Crippen LogP contribution in [-0.4, -0.2) is 43.3 Å². The molecule has 0 saturated carbocycles. The van der Waals surface area contributed by atoms with Gasteiger partial charge in [0, 0.05) is 25.5 Å². The van der Waals surface area contributed by atoms with Gasteiger partial charge in [-0.3, -0.25) is 9.10 Å². The van der Waals surface area contributed by atoms with Gasteiger partial charge >= 0.3 is 0 Å². The Balaban J connectivity index is 1.50. The van der Waals surface area contributed by atoms with E-state index in [1.54, 1.807) is 36.8 Å². The number of imidazole rings is 1. The molecular weight excluding hydrogens is 428 g/mol. The van der Waals surface area contributed by atoms with Gasteiger partial charge in [-0.05, 0) is 43.2 Å². The van der Waals surface area contributed by atoms with Gasteiger partial charge in [0.05, 0.1) is 24.8 Å². The summed E-state index contributed by atoms with van der Waals surface area (Å²) in [5, 5.41) is 2.81. The second-order valence-corrected chi connectivity index (χ2v) is 9.45. The van der Waals surface area contributed by atoms with Gasteiger partial charge in [0.1, 0.15) is 5.75 Å². The summed E-state index contributed by atoms with van der Waals surface area (Å²) < 4.78 is 33.5. The molecule has 0 unspecified atom stereocenters. The molecule has 170 valence electrons. The summed E-state index contributed by atoms with van der Waals surface area (Å²) in [4.78, 5) is 15.9. The number of carbonyl (C=O) groups excluding carboxylic acids is 1. The van der Waals surface area contributed by atoms with E-state index in [1.807, 2.05) is 42.0 Å². The van der Waals surface area contributed by atoms with Crippen molar-refractivity contribution in [3.63, 3.8) is 0 Å². The van der Waals surface area contributed by atoms with Gasteiger partial charge in [-0.25, -0.2) is 13.4 Å². The van der Waals surface area contributed by atoms with Crippen molar-refractivity contribution in [2.75, 3.05) is 23.7 Å². The normalized spacial score (nSPS) is 11.2. The third-order valence-electron chi connectivity index (χ3n) is 4.82. The van der Waals surface area contributed by atoms with E-state index in [4.69, 9.17) is 4.74 Å². The summed E-state index contributed by atoms with van der Waals surface area (Å²) in [5.41, 5.74) is 2.54. The molecule has 1 aromatic heterocycles. The van der Waals surface area contributed by atoms with Crippen molar-refractivity contribution in [3.8, 4) is 5.75 Å². The lowest BCUT2D eigenvalue weighted by Crippen LogP contribution is -2.30. The fourth-order valence-electron chi connectivity index (χ4n) is 3.08. The molecule has 3 rings (SSSR count). The SMILES string of the molecule is Cc1ccc(CN(c2ccc(OCC(=O)NCCCn3ccnc3)cc2)S(C)(=O)=O)cc1. The summed E-state index contributed by atoms with van der Waals surface area (Å²) in [6.07, 6.45) is 7.30. The van der Waals surface area contributed by atoms with Crippen LogP contribution >= 0.6 is 0 Å². The Hall–Kier alpha value is -3.33. The average Bonchev–Trinajstić information content (AvgIpc) is 3.28. The maximum Gasteiger partial charge on any atom is 0.257 e. The molecule has 2 aromatic carbocycles. The van der Waals surface area contributed by atoms with Crippen LogP contribution in [0.4, 0.5) is 5.69 Å². The predicted octanol–water partition coefficient (Wildman–Crippen LogP) is 2.74. The molecule has 0 bridgehead atoms. The second kappa shape index (κ2) is 10.8. The van der Waals surface area contributed by atoms with Crippen LogP contribution in [0, 0.1) is 6.92 Å². The van der Waals surface area contributed by atoms with Crippen molar-refractivity contribution < 1.29 is 17.9 Å². The smallest absolute Gasteiger partial charge is 0.257 e. The van der Waals surface area contributed by atoms with E-state index in [-0.39, 0.29) is 19.1 Å². The van der Waals surface area contributed by atoms with Gasteiger partial charge in [0.25, 0.3) is 5.91 Å². The zero-order valence-electron chi connectivity index (χ0n) is 18.3. The zero-order chi connectivity index (χ0) is 23.0. The monoisotopic (exact) mass is 456 g/mol. The Kier molecular flexibility index (Phi) is 7.88. The van der Waals surface area contributed by atoms with Crippen molar-refractivity contribution in [2.24, 2.45) is 0 Å². The number of benzene rings is 2. The Labute approximate surface area is 188 Å². The number of sulfonamides is 1. The molecule has 0 aliphatic carbocycles. The molecule has 0 radical (unpaired) electrons. The summed E-state index contributed by atoms with van der Waals surface area (Å²) in [6.45, 7) is 3.44. The molecule has 0 saturated heterocycles. The molecule has 8 nitrogen and oxygen atoms in total. The summed E-state index contributed by atoms with van der Waals surface area (Å²) in [6, 6.07) is 14.4. The van der Waals surface area contributed by atoms with Crippen LogP contribution < -0.4 is 14.4 Å². The molecule has 9 heteroatoms. The molecule has 0 fully saturated rings. The highest BCUT2D eigenvalue weighted by atomic mass is 32.2. The minimum atomic E-state index is -3.47. The number of nitrogens with one attached hydrogen (secondary N) is 1. The van der Waals surface area contributed by atoms with E-state index in [2.05, 4.69) is 10.3 Å². The van der Waals surface area contributed by atoms with E-state index >= 15 is 0 Å². The molecule has 0 aliphatic rings. The minimum Gasteiger partial charge on any atom is -0.484 e. The van der Waals surface area contributed by atoms with E-state index < -0.39 is 10.0 Å². The highest BCUT2D eigenvalue weighted by Crippen LogP contribution is 2.24. The standard InChI is InChI=1S/C23H28N4O4S/c1-19-4-6-20(7-5-19)16-27(32(2,29)30)21-8-10-22(11-9-21)31-17-23(28)25-12-3-14-26-15-13-24-18-26/h4-11,13,15,18H,3,12,14,16-17H2,1-2H3,(H,25,28). The second-order valence-electron chi connectivity index (χ2n) is 7.54. The van der Waals surface area contributed by atoms with Gasteiger partial charge < -0.3 is 14.6 Å². The van der Waals surface area contributed by atoms with Crippen molar-refractivity contribution in [3.05, 3.63) is 78.4 Å².